The molecule has 1 amide bonds. The van der Waals surface area contributed by atoms with Crippen LogP contribution < -0.4 is 5.73 Å². The maximum atomic E-state index is 11.8. The molecule has 0 spiro atoms. The zero-order valence-electron chi connectivity index (χ0n) is 11.4. The minimum Gasteiger partial charge on any atom is -0.478 e. The van der Waals surface area contributed by atoms with Gasteiger partial charge in [-0.15, -0.1) is 0 Å². The van der Waals surface area contributed by atoms with Crippen LogP contribution >= 0.6 is 11.6 Å². The van der Waals surface area contributed by atoms with Gasteiger partial charge in [-0.3, -0.25) is 4.79 Å². The molecule has 1 aromatic heterocycles. The molecule has 1 aromatic carbocycles. The number of benzene rings is 1. The number of anilines is 1. The molecule has 2 aromatic rings. The zero-order valence-corrected chi connectivity index (χ0v) is 12.1. The van der Waals surface area contributed by atoms with E-state index in [2.05, 4.69) is 5.10 Å². The van der Waals surface area contributed by atoms with Gasteiger partial charge in [-0.25, -0.2) is 9.48 Å². The first-order chi connectivity index (χ1) is 9.81. The second-order valence-electron chi connectivity index (χ2n) is 4.55. The number of nitrogens with two attached hydrogens (primary N) is 1. The van der Waals surface area contributed by atoms with E-state index in [0.29, 0.717) is 0 Å². The molecule has 0 radical (unpaired) electrons. The Hall–Kier alpha value is -2.54. The number of carbonyl (C=O) groups is 2. The van der Waals surface area contributed by atoms with E-state index >= 15 is 0 Å². The number of nitrogen functional groups attached to an aromatic ring is 1. The van der Waals surface area contributed by atoms with Gasteiger partial charge >= 0.3 is 5.97 Å². The molecule has 0 atom stereocenters. The largest absolute Gasteiger partial charge is 0.478 e. The number of hydrogen-bond acceptors (Lipinski definition) is 4. The van der Waals surface area contributed by atoms with Gasteiger partial charge in [0.05, 0.1) is 16.3 Å². The Morgan fingerprint density at radius 2 is 2.05 bits per heavy atom. The molecule has 0 unspecified atom stereocenters. The first-order valence-corrected chi connectivity index (χ1v) is 6.29. The average Bonchev–Trinajstić information content (AvgIpc) is 2.85. The highest BCUT2D eigenvalue weighted by atomic mass is 35.5. The molecular formula is C13H13ClN4O3. The Morgan fingerprint density at radius 3 is 2.62 bits per heavy atom. The van der Waals surface area contributed by atoms with Crippen molar-refractivity contribution in [3.8, 4) is 5.69 Å². The maximum absolute atomic E-state index is 11.8. The van der Waals surface area contributed by atoms with Crippen molar-refractivity contribution in [2.45, 2.75) is 0 Å². The number of amides is 1. The third-order valence-electron chi connectivity index (χ3n) is 2.76. The molecule has 2 rings (SSSR count). The lowest BCUT2D eigenvalue weighted by Crippen LogP contribution is -2.22. The fourth-order valence-electron chi connectivity index (χ4n) is 1.81. The van der Waals surface area contributed by atoms with E-state index in [1.165, 1.54) is 34.0 Å². The topological polar surface area (TPSA) is 101 Å². The average molecular weight is 309 g/mol. The third-order valence-corrected chi connectivity index (χ3v) is 3.05. The second kappa shape index (κ2) is 5.45. The van der Waals surface area contributed by atoms with Crippen LogP contribution in [0, 0.1) is 0 Å². The number of carboxylic acid groups (broad SMARTS) is 1. The Labute approximate surface area is 125 Å². The summed E-state index contributed by atoms with van der Waals surface area (Å²) < 4.78 is 1.25. The first-order valence-electron chi connectivity index (χ1n) is 5.91. The Kier molecular flexibility index (Phi) is 3.86. The van der Waals surface area contributed by atoms with Crippen LogP contribution in [0.4, 0.5) is 5.69 Å². The molecule has 3 N–H and O–H groups in total. The molecule has 0 saturated carbocycles. The van der Waals surface area contributed by atoms with E-state index in [1.807, 2.05) is 0 Å². The highest BCUT2D eigenvalue weighted by Gasteiger charge is 2.19. The number of nitrogens with zero attached hydrogens (tertiary/aromatic N) is 3. The van der Waals surface area contributed by atoms with Crippen LogP contribution in [0.15, 0.2) is 24.4 Å². The minimum atomic E-state index is -1.19. The number of halogens is 1. The van der Waals surface area contributed by atoms with Crippen molar-refractivity contribution in [3.05, 3.63) is 40.7 Å². The van der Waals surface area contributed by atoms with Crippen LogP contribution in [-0.2, 0) is 0 Å². The summed E-state index contributed by atoms with van der Waals surface area (Å²) in [5, 5.41) is 13.5. The minimum absolute atomic E-state index is 0.0908. The van der Waals surface area contributed by atoms with E-state index in [9.17, 15) is 14.7 Å². The van der Waals surface area contributed by atoms with Crippen molar-refractivity contribution < 1.29 is 14.7 Å². The van der Waals surface area contributed by atoms with Gasteiger partial charge in [0.1, 0.15) is 0 Å². The number of carbonyl (C=O) groups excluding carboxylic acids is 1. The molecule has 1 heterocycles. The van der Waals surface area contributed by atoms with Crippen LogP contribution in [-0.4, -0.2) is 45.8 Å². The summed E-state index contributed by atoms with van der Waals surface area (Å²) in [6.07, 6.45) is 1.47. The number of carboxylic acids is 1. The quantitative estimate of drug-likeness (QED) is 0.837. The predicted octanol–water partition coefficient (Wildman–Crippen LogP) is 1.51. The third kappa shape index (κ3) is 2.82. The molecule has 0 aliphatic carbocycles. The van der Waals surface area contributed by atoms with Gasteiger partial charge in [-0.05, 0) is 18.2 Å². The fourth-order valence-corrected chi connectivity index (χ4v) is 2.12. The molecule has 0 saturated heterocycles. The van der Waals surface area contributed by atoms with Gasteiger partial charge in [-0.1, -0.05) is 11.6 Å². The standard InChI is InChI=1S/C13H13ClN4O3/c1-17(2)12(19)10-3-4-18(16-10)11-8(13(20)21)5-7(15)6-9(11)14/h3-6H,15H2,1-2H3,(H,20,21). The van der Waals surface area contributed by atoms with E-state index in [4.69, 9.17) is 17.3 Å². The van der Waals surface area contributed by atoms with Crippen LogP contribution in [0.5, 0.6) is 0 Å². The van der Waals surface area contributed by atoms with Crippen molar-refractivity contribution in [1.29, 1.82) is 0 Å². The van der Waals surface area contributed by atoms with Crippen LogP contribution in [0.2, 0.25) is 5.02 Å². The van der Waals surface area contributed by atoms with Crippen molar-refractivity contribution in [1.82, 2.24) is 14.7 Å². The summed E-state index contributed by atoms with van der Waals surface area (Å²) in [5.41, 5.74) is 6.09. The monoisotopic (exact) mass is 308 g/mol. The number of hydrogen-bond donors (Lipinski definition) is 2. The molecule has 0 bridgehead atoms. The molecule has 8 heteroatoms. The zero-order chi connectivity index (χ0) is 15.7. The van der Waals surface area contributed by atoms with Crippen molar-refractivity contribution >= 4 is 29.2 Å². The number of rotatable bonds is 3. The smallest absolute Gasteiger partial charge is 0.338 e. The summed E-state index contributed by atoms with van der Waals surface area (Å²) in [6, 6.07) is 4.21. The summed E-state index contributed by atoms with van der Waals surface area (Å²) >= 11 is 6.07. The number of aromatic carboxylic acids is 1. The lowest BCUT2D eigenvalue weighted by atomic mass is 10.1. The van der Waals surface area contributed by atoms with E-state index in [1.54, 1.807) is 14.1 Å². The normalized spacial score (nSPS) is 10.4. The van der Waals surface area contributed by atoms with Gasteiger partial charge in [0.25, 0.3) is 5.91 Å². The molecule has 21 heavy (non-hydrogen) atoms. The van der Waals surface area contributed by atoms with Crippen molar-refractivity contribution in [2.75, 3.05) is 19.8 Å². The Morgan fingerprint density at radius 1 is 1.38 bits per heavy atom. The molecular weight excluding hydrogens is 296 g/mol. The fraction of sp³-hybridized carbons (Fsp3) is 0.154. The van der Waals surface area contributed by atoms with Gasteiger partial charge in [0.15, 0.2) is 5.69 Å². The first kappa shape index (κ1) is 14.9. The molecule has 0 aliphatic heterocycles. The molecule has 110 valence electrons. The Balaban J connectivity index is 2.57. The van der Waals surface area contributed by atoms with Gasteiger partial charge in [0, 0.05) is 26.0 Å². The molecule has 0 fully saturated rings. The predicted molar refractivity (Wildman–Crippen MR) is 78.0 cm³/mol. The summed E-state index contributed by atoms with van der Waals surface area (Å²) in [5.74, 6) is -1.48. The molecule has 7 nitrogen and oxygen atoms in total. The van der Waals surface area contributed by atoms with E-state index < -0.39 is 5.97 Å². The van der Waals surface area contributed by atoms with Crippen LogP contribution in [0.3, 0.4) is 0 Å². The second-order valence-corrected chi connectivity index (χ2v) is 4.96. The highest BCUT2D eigenvalue weighted by molar-refractivity contribution is 6.33. The summed E-state index contributed by atoms with van der Waals surface area (Å²) in [7, 11) is 3.19. The molecule has 0 aliphatic rings. The lowest BCUT2D eigenvalue weighted by molar-refractivity contribution is 0.0696. The maximum Gasteiger partial charge on any atom is 0.338 e. The van der Waals surface area contributed by atoms with E-state index in [0.717, 1.165) is 0 Å². The van der Waals surface area contributed by atoms with Gasteiger partial charge in [0.2, 0.25) is 0 Å². The SMILES string of the molecule is CN(C)C(=O)c1ccn(-c2c(Cl)cc(N)cc2C(=O)O)n1. The number of aromatic nitrogens is 2. The van der Waals surface area contributed by atoms with Crippen LogP contribution in [0.25, 0.3) is 5.69 Å². The van der Waals surface area contributed by atoms with Crippen molar-refractivity contribution in [2.24, 2.45) is 0 Å². The summed E-state index contributed by atoms with van der Waals surface area (Å²) in [4.78, 5) is 24.5. The van der Waals surface area contributed by atoms with Gasteiger partial charge in [-0.2, -0.15) is 5.10 Å². The highest BCUT2D eigenvalue weighted by Crippen LogP contribution is 2.27. The lowest BCUT2D eigenvalue weighted by Gasteiger charge is -2.10. The van der Waals surface area contributed by atoms with Gasteiger partial charge < -0.3 is 15.7 Å². The van der Waals surface area contributed by atoms with E-state index in [-0.39, 0.29) is 33.6 Å². The summed E-state index contributed by atoms with van der Waals surface area (Å²) in [6.45, 7) is 0. The van der Waals surface area contributed by atoms with Crippen molar-refractivity contribution in [3.63, 3.8) is 0 Å². The Bertz CT molecular complexity index is 724. The van der Waals surface area contributed by atoms with Crippen LogP contribution in [0.1, 0.15) is 20.8 Å².